The minimum atomic E-state index is -4.13. The molecule has 0 unspecified atom stereocenters. The lowest BCUT2D eigenvalue weighted by Crippen LogP contribution is -2.38. The molecule has 1 aliphatic heterocycles. The molecule has 1 aromatic carbocycles. The second kappa shape index (κ2) is 6.10. The highest BCUT2D eigenvalue weighted by atomic mass is 35.7. The summed E-state index contributed by atoms with van der Waals surface area (Å²) >= 11 is 5.80. The highest BCUT2D eigenvalue weighted by molar-refractivity contribution is 8.13. The Morgan fingerprint density at radius 1 is 1.33 bits per heavy atom. The van der Waals surface area contributed by atoms with Crippen molar-refractivity contribution in [3.8, 4) is 0 Å². The van der Waals surface area contributed by atoms with E-state index in [1.54, 1.807) is 4.90 Å². The van der Waals surface area contributed by atoms with Crippen molar-refractivity contribution >= 4 is 37.2 Å². The lowest BCUT2D eigenvalue weighted by Gasteiger charge is -2.30. The third-order valence-electron chi connectivity index (χ3n) is 3.58. The summed E-state index contributed by atoms with van der Waals surface area (Å²) in [6.45, 7) is 3.17. The predicted molar refractivity (Wildman–Crippen MR) is 78.8 cm³/mol. The molecule has 1 fully saturated rings. The van der Waals surface area contributed by atoms with Gasteiger partial charge in [-0.3, -0.25) is 4.79 Å². The third-order valence-corrected chi connectivity index (χ3v) is 5.30. The quantitative estimate of drug-likeness (QED) is 0.766. The molecule has 21 heavy (non-hydrogen) atoms. The van der Waals surface area contributed by atoms with Crippen LogP contribution in [0, 0.1) is 11.7 Å². The number of nitrogens with zero attached hydrogens (tertiary/aromatic N) is 1. The summed E-state index contributed by atoms with van der Waals surface area (Å²) in [5, 5.41) is -0.386. The van der Waals surface area contributed by atoms with Crippen molar-refractivity contribution in [2.75, 3.05) is 13.1 Å². The molecular formula is C13H14Cl2FNO3S. The zero-order chi connectivity index (χ0) is 15.8. The van der Waals surface area contributed by atoms with Crippen LogP contribution in [-0.2, 0) is 9.05 Å². The number of likely N-dealkylation sites (tertiary alicyclic amines) is 1. The molecule has 8 heteroatoms. The number of hydrogen-bond donors (Lipinski definition) is 0. The minimum absolute atomic E-state index is 0.176. The number of rotatable bonds is 2. The molecule has 1 amide bonds. The van der Waals surface area contributed by atoms with Gasteiger partial charge in [0.05, 0.1) is 15.5 Å². The molecule has 0 aliphatic carbocycles. The summed E-state index contributed by atoms with van der Waals surface area (Å²) in [5.74, 6) is -0.934. The highest BCUT2D eigenvalue weighted by Crippen LogP contribution is 2.28. The van der Waals surface area contributed by atoms with E-state index in [9.17, 15) is 17.6 Å². The molecule has 0 radical (unpaired) electrons. The first-order chi connectivity index (χ1) is 9.70. The lowest BCUT2D eigenvalue weighted by molar-refractivity contribution is 0.0696. The van der Waals surface area contributed by atoms with Gasteiger partial charge in [0.15, 0.2) is 0 Å². The second-order valence-corrected chi connectivity index (χ2v) is 8.12. The van der Waals surface area contributed by atoms with Crippen LogP contribution in [0.2, 0.25) is 5.02 Å². The van der Waals surface area contributed by atoms with Gasteiger partial charge in [-0.2, -0.15) is 0 Å². The van der Waals surface area contributed by atoms with Crippen LogP contribution in [-0.4, -0.2) is 32.3 Å². The Bertz CT molecular complexity index is 670. The van der Waals surface area contributed by atoms with Gasteiger partial charge in [-0.25, -0.2) is 12.8 Å². The van der Waals surface area contributed by atoms with Crippen LogP contribution in [0.3, 0.4) is 0 Å². The summed E-state index contributed by atoms with van der Waals surface area (Å²) in [6.07, 6.45) is 1.69. The van der Waals surface area contributed by atoms with Gasteiger partial charge in [0.25, 0.3) is 15.0 Å². The fraction of sp³-hybridized carbons (Fsp3) is 0.462. The molecule has 1 aliphatic rings. The monoisotopic (exact) mass is 353 g/mol. The van der Waals surface area contributed by atoms with Gasteiger partial charge in [-0.1, -0.05) is 18.5 Å². The number of halogens is 3. The second-order valence-electron chi connectivity index (χ2n) is 5.18. The lowest BCUT2D eigenvalue weighted by atomic mass is 9.98. The van der Waals surface area contributed by atoms with Gasteiger partial charge in [-0.15, -0.1) is 0 Å². The first kappa shape index (κ1) is 16.5. The molecule has 4 nitrogen and oxygen atoms in total. The van der Waals surface area contributed by atoms with E-state index >= 15 is 0 Å². The summed E-state index contributed by atoms with van der Waals surface area (Å²) in [6, 6.07) is 1.73. The number of benzene rings is 1. The third kappa shape index (κ3) is 3.67. The maximum atomic E-state index is 13.7. The molecule has 1 saturated heterocycles. The van der Waals surface area contributed by atoms with Crippen LogP contribution < -0.4 is 0 Å². The van der Waals surface area contributed by atoms with Crippen LogP contribution >= 0.6 is 22.3 Å². The van der Waals surface area contributed by atoms with Crippen LogP contribution in [0.25, 0.3) is 0 Å². The molecule has 0 bridgehead atoms. The Labute approximate surface area is 132 Å². The van der Waals surface area contributed by atoms with E-state index in [-0.39, 0.29) is 10.6 Å². The van der Waals surface area contributed by atoms with E-state index in [1.807, 2.05) is 0 Å². The Kier molecular flexibility index (Phi) is 4.80. The summed E-state index contributed by atoms with van der Waals surface area (Å²) in [7, 11) is 1.07. The predicted octanol–water partition coefficient (Wildman–Crippen LogP) is 3.28. The number of piperidine rings is 1. The van der Waals surface area contributed by atoms with Gasteiger partial charge in [-0.05, 0) is 30.9 Å². The highest BCUT2D eigenvalue weighted by Gasteiger charge is 2.26. The van der Waals surface area contributed by atoms with Gasteiger partial charge in [0.2, 0.25) is 0 Å². The van der Waals surface area contributed by atoms with Crippen molar-refractivity contribution in [2.45, 2.75) is 24.7 Å². The topological polar surface area (TPSA) is 54.5 Å². The average Bonchev–Trinajstić information content (AvgIpc) is 2.40. The number of amides is 1. The zero-order valence-corrected chi connectivity index (χ0v) is 13.6. The van der Waals surface area contributed by atoms with Crippen LogP contribution in [0.5, 0.6) is 0 Å². The van der Waals surface area contributed by atoms with Gasteiger partial charge >= 0.3 is 0 Å². The largest absolute Gasteiger partial charge is 0.339 e. The molecule has 0 atom stereocenters. The van der Waals surface area contributed by atoms with E-state index in [0.717, 1.165) is 18.9 Å². The molecule has 0 spiro atoms. The van der Waals surface area contributed by atoms with Crippen molar-refractivity contribution in [1.82, 2.24) is 4.90 Å². The maximum absolute atomic E-state index is 13.7. The Hall–Kier alpha value is -0.850. The Balaban J connectivity index is 2.39. The minimum Gasteiger partial charge on any atom is -0.339 e. The van der Waals surface area contributed by atoms with Crippen LogP contribution in [0.4, 0.5) is 4.39 Å². The van der Waals surface area contributed by atoms with Crippen LogP contribution in [0.15, 0.2) is 17.0 Å². The number of hydrogen-bond acceptors (Lipinski definition) is 3. The van der Waals surface area contributed by atoms with E-state index < -0.39 is 25.7 Å². The zero-order valence-electron chi connectivity index (χ0n) is 11.3. The first-order valence-electron chi connectivity index (χ1n) is 6.43. The normalized spacial score (nSPS) is 17.0. The van der Waals surface area contributed by atoms with E-state index in [0.29, 0.717) is 25.1 Å². The fourth-order valence-electron chi connectivity index (χ4n) is 2.24. The summed E-state index contributed by atoms with van der Waals surface area (Å²) in [4.78, 5) is 13.5. The van der Waals surface area contributed by atoms with Gasteiger partial charge < -0.3 is 4.90 Å². The van der Waals surface area contributed by atoms with Crippen molar-refractivity contribution < 1.29 is 17.6 Å². The van der Waals surface area contributed by atoms with E-state index in [2.05, 4.69) is 6.92 Å². The SMILES string of the molecule is CC1CCN(C(=O)c2cc(S(=O)(=O)Cl)cc(F)c2Cl)CC1. The molecule has 1 heterocycles. The van der Waals surface area contributed by atoms with Crippen molar-refractivity contribution in [3.63, 3.8) is 0 Å². The number of carbonyl (C=O) groups is 1. The maximum Gasteiger partial charge on any atom is 0.261 e. The van der Waals surface area contributed by atoms with Crippen molar-refractivity contribution in [2.24, 2.45) is 5.92 Å². The molecule has 116 valence electrons. The smallest absolute Gasteiger partial charge is 0.261 e. The van der Waals surface area contributed by atoms with Gasteiger partial charge in [0.1, 0.15) is 5.82 Å². The Morgan fingerprint density at radius 3 is 2.43 bits per heavy atom. The molecule has 1 aromatic rings. The molecule has 0 N–H and O–H groups in total. The standard InChI is InChI=1S/C13H14Cl2FNO3S/c1-8-2-4-17(5-3-8)13(18)10-6-9(21(15,19)20)7-11(16)12(10)14/h6-8H,2-5H2,1H3. The van der Waals surface area contributed by atoms with Crippen molar-refractivity contribution in [1.29, 1.82) is 0 Å². The van der Waals surface area contributed by atoms with Crippen LogP contribution in [0.1, 0.15) is 30.1 Å². The molecular weight excluding hydrogens is 340 g/mol. The Morgan fingerprint density at radius 2 is 1.90 bits per heavy atom. The average molecular weight is 354 g/mol. The van der Waals surface area contributed by atoms with E-state index in [4.69, 9.17) is 22.3 Å². The van der Waals surface area contributed by atoms with E-state index in [1.165, 1.54) is 0 Å². The summed E-state index contributed by atoms with van der Waals surface area (Å²) < 4.78 is 36.4. The molecule has 2 rings (SSSR count). The molecule has 0 aromatic heterocycles. The first-order valence-corrected chi connectivity index (χ1v) is 9.12. The fourth-order valence-corrected chi connectivity index (χ4v) is 3.20. The summed E-state index contributed by atoms with van der Waals surface area (Å²) in [5.41, 5.74) is -0.176. The number of carbonyl (C=O) groups excluding carboxylic acids is 1. The van der Waals surface area contributed by atoms with Gasteiger partial charge in [0, 0.05) is 23.8 Å². The molecule has 0 saturated carbocycles. The van der Waals surface area contributed by atoms with Crippen molar-refractivity contribution in [3.05, 3.63) is 28.5 Å².